The Balaban J connectivity index is 2.24. The predicted octanol–water partition coefficient (Wildman–Crippen LogP) is 2.86. The van der Waals surface area contributed by atoms with Gasteiger partial charge in [0.05, 0.1) is 12.7 Å². The highest BCUT2D eigenvalue weighted by molar-refractivity contribution is 5.97. The summed E-state index contributed by atoms with van der Waals surface area (Å²) in [5.41, 5.74) is 9.13. The van der Waals surface area contributed by atoms with Crippen LogP contribution < -0.4 is 10.5 Å². The molecule has 0 unspecified atom stereocenters. The number of nitrogens with zero attached hydrogens (tertiary/aromatic N) is 1. The quantitative estimate of drug-likeness (QED) is 0.878. The molecule has 0 bridgehead atoms. The average molecular weight is 284 g/mol. The normalized spacial score (nSPS) is 10.2. The minimum atomic E-state index is -0.0844. The number of aryl methyl sites for hydroxylation is 1. The van der Waals surface area contributed by atoms with Gasteiger partial charge in [0.2, 0.25) is 0 Å². The van der Waals surface area contributed by atoms with Crippen LogP contribution in [0.1, 0.15) is 21.5 Å². The highest BCUT2D eigenvalue weighted by Gasteiger charge is 2.17. The first-order chi connectivity index (χ1) is 10.0. The maximum atomic E-state index is 12.6. The number of anilines is 1. The second-order valence-electron chi connectivity index (χ2n) is 5.06. The van der Waals surface area contributed by atoms with E-state index in [0.717, 1.165) is 11.1 Å². The molecule has 21 heavy (non-hydrogen) atoms. The SMILES string of the molecule is COc1ccc(C)cc1C(=O)N(C)Cc1ccccc1N. The molecule has 4 nitrogen and oxygen atoms in total. The molecule has 0 radical (unpaired) electrons. The first kappa shape index (κ1) is 14.9. The topological polar surface area (TPSA) is 55.6 Å². The van der Waals surface area contributed by atoms with Gasteiger partial charge in [-0.25, -0.2) is 0 Å². The number of nitrogen functional groups attached to an aromatic ring is 1. The van der Waals surface area contributed by atoms with Crippen molar-refractivity contribution in [1.82, 2.24) is 4.90 Å². The lowest BCUT2D eigenvalue weighted by molar-refractivity contribution is 0.0782. The van der Waals surface area contributed by atoms with Gasteiger partial charge in [-0.15, -0.1) is 0 Å². The lowest BCUT2D eigenvalue weighted by Crippen LogP contribution is -2.27. The molecule has 2 aromatic rings. The summed E-state index contributed by atoms with van der Waals surface area (Å²) in [5, 5.41) is 0. The monoisotopic (exact) mass is 284 g/mol. The van der Waals surface area contributed by atoms with Crippen molar-refractivity contribution in [2.24, 2.45) is 0 Å². The Morgan fingerprint density at radius 3 is 2.62 bits per heavy atom. The highest BCUT2D eigenvalue weighted by Crippen LogP contribution is 2.22. The zero-order chi connectivity index (χ0) is 15.4. The molecule has 4 heteroatoms. The van der Waals surface area contributed by atoms with Crippen molar-refractivity contribution in [2.75, 3.05) is 19.9 Å². The van der Waals surface area contributed by atoms with Crippen molar-refractivity contribution >= 4 is 11.6 Å². The van der Waals surface area contributed by atoms with Gasteiger partial charge >= 0.3 is 0 Å². The summed E-state index contributed by atoms with van der Waals surface area (Å²) in [6.07, 6.45) is 0. The summed E-state index contributed by atoms with van der Waals surface area (Å²) in [6, 6.07) is 13.1. The van der Waals surface area contributed by atoms with E-state index in [9.17, 15) is 4.79 Å². The Labute approximate surface area is 125 Å². The smallest absolute Gasteiger partial charge is 0.257 e. The Hall–Kier alpha value is -2.49. The number of para-hydroxylation sites is 1. The molecule has 0 saturated carbocycles. The number of benzene rings is 2. The lowest BCUT2D eigenvalue weighted by atomic mass is 10.1. The van der Waals surface area contributed by atoms with E-state index in [1.807, 2.05) is 49.4 Å². The van der Waals surface area contributed by atoms with Crippen molar-refractivity contribution in [1.29, 1.82) is 0 Å². The molecule has 0 heterocycles. The van der Waals surface area contributed by atoms with E-state index in [1.165, 1.54) is 0 Å². The van der Waals surface area contributed by atoms with Crippen LogP contribution in [0.2, 0.25) is 0 Å². The largest absolute Gasteiger partial charge is 0.496 e. The molecule has 0 saturated heterocycles. The molecule has 0 aliphatic heterocycles. The van der Waals surface area contributed by atoms with Crippen LogP contribution in [0.4, 0.5) is 5.69 Å². The molecule has 0 spiro atoms. The molecule has 0 aromatic heterocycles. The molecular formula is C17H20N2O2. The van der Waals surface area contributed by atoms with Crippen LogP contribution in [0, 0.1) is 6.92 Å². The Morgan fingerprint density at radius 2 is 1.95 bits per heavy atom. The van der Waals surface area contributed by atoms with Gasteiger partial charge in [0.1, 0.15) is 5.75 Å². The molecule has 2 rings (SSSR count). The van der Waals surface area contributed by atoms with Crippen molar-refractivity contribution in [2.45, 2.75) is 13.5 Å². The van der Waals surface area contributed by atoms with Crippen LogP contribution in [0.3, 0.4) is 0 Å². The van der Waals surface area contributed by atoms with Crippen LogP contribution >= 0.6 is 0 Å². The number of ether oxygens (including phenoxy) is 1. The molecule has 0 fully saturated rings. The van der Waals surface area contributed by atoms with E-state index >= 15 is 0 Å². The third kappa shape index (κ3) is 3.34. The summed E-state index contributed by atoms with van der Waals surface area (Å²) in [6.45, 7) is 2.41. The van der Waals surface area contributed by atoms with Crippen LogP contribution in [0.15, 0.2) is 42.5 Å². The van der Waals surface area contributed by atoms with Crippen LogP contribution in [-0.2, 0) is 6.54 Å². The second kappa shape index (κ2) is 6.31. The van der Waals surface area contributed by atoms with Crippen molar-refractivity contribution in [3.05, 3.63) is 59.2 Å². The second-order valence-corrected chi connectivity index (χ2v) is 5.06. The van der Waals surface area contributed by atoms with E-state index in [0.29, 0.717) is 23.5 Å². The Morgan fingerprint density at radius 1 is 1.24 bits per heavy atom. The first-order valence-electron chi connectivity index (χ1n) is 6.76. The molecule has 0 aliphatic carbocycles. The Bertz CT molecular complexity index is 653. The number of carbonyl (C=O) groups is 1. The first-order valence-corrected chi connectivity index (χ1v) is 6.76. The van der Waals surface area contributed by atoms with Gasteiger partial charge in [0, 0.05) is 19.3 Å². The summed E-state index contributed by atoms with van der Waals surface area (Å²) in [7, 11) is 3.33. The number of methoxy groups -OCH3 is 1. The zero-order valence-corrected chi connectivity index (χ0v) is 12.6. The van der Waals surface area contributed by atoms with Gasteiger partial charge in [0.15, 0.2) is 0 Å². The minimum Gasteiger partial charge on any atom is -0.496 e. The van der Waals surface area contributed by atoms with E-state index in [4.69, 9.17) is 10.5 Å². The molecule has 110 valence electrons. The number of rotatable bonds is 4. The number of carbonyl (C=O) groups excluding carboxylic acids is 1. The maximum absolute atomic E-state index is 12.6. The molecule has 1 amide bonds. The zero-order valence-electron chi connectivity index (χ0n) is 12.6. The van der Waals surface area contributed by atoms with Gasteiger partial charge in [-0.1, -0.05) is 29.8 Å². The van der Waals surface area contributed by atoms with Crippen molar-refractivity contribution in [3.63, 3.8) is 0 Å². The molecule has 0 aliphatic rings. The third-order valence-corrected chi connectivity index (χ3v) is 3.39. The van der Waals surface area contributed by atoms with Gasteiger partial charge in [0.25, 0.3) is 5.91 Å². The molecular weight excluding hydrogens is 264 g/mol. The Kier molecular flexibility index (Phi) is 4.48. The summed E-state index contributed by atoms with van der Waals surface area (Å²) >= 11 is 0. The maximum Gasteiger partial charge on any atom is 0.257 e. The minimum absolute atomic E-state index is 0.0844. The lowest BCUT2D eigenvalue weighted by Gasteiger charge is -2.20. The van der Waals surface area contributed by atoms with E-state index < -0.39 is 0 Å². The van der Waals surface area contributed by atoms with Crippen molar-refractivity contribution < 1.29 is 9.53 Å². The fourth-order valence-electron chi connectivity index (χ4n) is 2.20. The number of nitrogens with two attached hydrogens (primary N) is 1. The van der Waals surface area contributed by atoms with E-state index in [1.54, 1.807) is 19.1 Å². The third-order valence-electron chi connectivity index (χ3n) is 3.39. The fourth-order valence-corrected chi connectivity index (χ4v) is 2.20. The summed E-state index contributed by atoms with van der Waals surface area (Å²) in [4.78, 5) is 14.2. The highest BCUT2D eigenvalue weighted by atomic mass is 16.5. The van der Waals surface area contributed by atoms with Gasteiger partial charge in [-0.3, -0.25) is 4.79 Å². The van der Waals surface area contributed by atoms with Crippen LogP contribution in [0.25, 0.3) is 0 Å². The molecule has 0 atom stereocenters. The van der Waals surface area contributed by atoms with Gasteiger partial charge < -0.3 is 15.4 Å². The summed E-state index contributed by atoms with van der Waals surface area (Å²) < 4.78 is 5.27. The number of hydrogen-bond donors (Lipinski definition) is 1. The van der Waals surface area contributed by atoms with Crippen LogP contribution in [-0.4, -0.2) is 25.0 Å². The predicted molar refractivity (Wildman–Crippen MR) is 84.4 cm³/mol. The molecule has 2 N–H and O–H groups in total. The van der Waals surface area contributed by atoms with Crippen LogP contribution in [0.5, 0.6) is 5.75 Å². The van der Waals surface area contributed by atoms with E-state index in [2.05, 4.69) is 0 Å². The standard InChI is InChI=1S/C17H20N2O2/c1-12-8-9-16(21-3)14(10-12)17(20)19(2)11-13-6-4-5-7-15(13)18/h4-10H,11,18H2,1-3H3. The van der Waals surface area contributed by atoms with Gasteiger partial charge in [-0.05, 0) is 30.7 Å². The average Bonchev–Trinajstić information content (AvgIpc) is 2.48. The van der Waals surface area contributed by atoms with Gasteiger partial charge in [-0.2, -0.15) is 0 Å². The summed E-state index contributed by atoms with van der Waals surface area (Å²) in [5.74, 6) is 0.497. The number of amides is 1. The van der Waals surface area contributed by atoms with Crippen molar-refractivity contribution in [3.8, 4) is 5.75 Å². The fraction of sp³-hybridized carbons (Fsp3) is 0.235. The number of hydrogen-bond acceptors (Lipinski definition) is 3. The van der Waals surface area contributed by atoms with E-state index in [-0.39, 0.29) is 5.91 Å². The molecule has 2 aromatic carbocycles.